The average Bonchev–Trinajstić information content (AvgIpc) is 3.24. The highest BCUT2D eigenvalue weighted by Gasteiger charge is 2.18. The van der Waals surface area contributed by atoms with Crippen molar-refractivity contribution in [2.24, 2.45) is 0 Å². The third-order valence-corrected chi connectivity index (χ3v) is 5.61. The van der Waals surface area contributed by atoms with E-state index in [0.29, 0.717) is 29.2 Å². The standard InChI is InChI=1S/C19H18ClN3O4S/c1-2-23-9-12(19(26)27)13(10-23)21-16(25)8-7-15-17(20)18(22-28-15)11-5-3-4-6-14(11)24/h3-6,9-10,24H,2,7-8H2,1H3,(H,21,25)(H,26,27). The Labute approximate surface area is 170 Å². The number of nitrogens with one attached hydrogen (secondary N) is 1. The van der Waals surface area contributed by atoms with Crippen LogP contribution >= 0.6 is 23.1 Å². The monoisotopic (exact) mass is 419 g/mol. The highest BCUT2D eigenvalue weighted by atomic mass is 35.5. The van der Waals surface area contributed by atoms with Gasteiger partial charge in [-0.2, -0.15) is 4.37 Å². The molecule has 0 atom stereocenters. The van der Waals surface area contributed by atoms with Gasteiger partial charge in [0.25, 0.3) is 0 Å². The minimum atomic E-state index is -1.10. The molecule has 0 fully saturated rings. The SMILES string of the molecule is CCn1cc(NC(=O)CCc2snc(-c3ccccc3O)c2Cl)c(C(=O)O)c1. The lowest BCUT2D eigenvalue weighted by atomic mass is 10.1. The van der Waals surface area contributed by atoms with Crippen LogP contribution < -0.4 is 5.32 Å². The number of aromatic hydroxyl groups is 1. The van der Waals surface area contributed by atoms with Gasteiger partial charge < -0.3 is 20.1 Å². The number of halogens is 1. The molecule has 3 N–H and O–H groups in total. The molecule has 2 heterocycles. The predicted molar refractivity (Wildman–Crippen MR) is 108 cm³/mol. The van der Waals surface area contributed by atoms with E-state index in [9.17, 15) is 19.8 Å². The van der Waals surface area contributed by atoms with E-state index in [0.717, 1.165) is 4.88 Å². The van der Waals surface area contributed by atoms with Gasteiger partial charge in [0.15, 0.2) is 0 Å². The Morgan fingerprint density at radius 2 is 2.04 bits per heavy atom. The van der Waals surface area contributed by atoms with Crippen molar-refractivity contribution < 1.29 is 19.8 Å². The number of carboxylic acid groups (broad SMARTS) is 1. The van der Waals surface area contributed by atoms with Gasteiger partial charge in [-0.1, -0.05) is 23.7 Å². The van der Waals surface area contributed by atoms with Crippen molar-refractivity contribution in [3.05, 3.63) is 52.1 Å². The molecule has 0 bridgehead atoms. The van der Waals surface area contributed by atoms with Crippen LogP contribution in [0.2, 0.25) is 5.02 Å². The molecule has 3 rings (SSSR count). The molecule has 0 saturated carbocycles. The number of phenolic OH excluding ortho intramolecular Hbond substituents is 1. The number of carbonyl (C=O) groups is 2. The second-order valence-corrected chi connectivity index (χ2v) is 7.29. The number of benzene rings is 1. The van der Waals surface area contributed by atoms with E-state index < -0.39 is 5.97 Å². The molecule has 1 amide bonds. The van der Waals surface area contributed by atoms with Crippen molar-refractivity contribution in [1.82, 2.24) is 8.94 Å². The van der Waals surface area contributed by atoms with Crippen molar-refractivity contribution in [1.29, 1.82) is 0 Å². The Morgan fingerprint density at radius 3 is 2.71 bits per heavy atom. The summed E-state index contributed by atoms with van der Waals surface area (Å²) in [4.78, 5) is 24.3. The average molecular weight is 420 g/mol. The molecule has 0 radical (unpaired) electrons. The topological polar surface area (TPSA) is 104 Å². The minimum Gasteiger partial charge on any atom is -0.507 e. The number of hydrogen-bond donors (Lipinski definition) is 3. The highest BCUT2D eigenvalue weighted by Crippen LogP contribution is 2.37. The molecule has 0 unspecified atom stereocenters. The van der Waals surface area contributed by atoms with Crippen LogP contribution in [0.25, 0.3) is 11.3 Å². The lowest BCUT2D eigenvalue weighted by Crippen LogP contribution is -2.13. The highest BCUT2D eigenvalue weighted by molar-refractivity contribution is 7.06. The van der Waals surface area contributed by atoms with Crippen molar-refractivity contribution >= 4 is 40.7 Å². The number of aryl methyl sites for hydroxylation is 2. The molecular weight excluding hydrogens is 402 g/mol. The summed E-state index contributed by atoms with van der Waals surface area (Å²) in [7, 11) is 0. The molecule has 0 aliphatic heterocycles. The lowest BCUT2D eigenvalue weighted by molar-refractivity contribution is -0.116. The summed E-state index contributed by atoms with van der Waals surface area (Å²) in [6.45, 7) is 2.48. The number of para-hydroxylation sites is 1. The lowest BCUT2D eigenvalue weighted by Gasteiger charge is -2.04. The smallest absolute Gasteiger partial charge is 0.339 e. The first-order chi connectivity index (χ1) is 13.4. The number of phenols is 1. The fourth-order valence-electron chi connectivity index (χ4n) is 2.71. The van der Waals surface area contributed by atoms with E-state index in [1.807, 2.05) is 6.92 Å². The second kappa shape index (κ2) is 8.45. The number of aromatic carboxylic acids is 1. The summed E-state index contributed by atoms with van der Waals surface area (Å²) >= 11 is 7.56. The van der Waals surface area contributed by atoms with E-state index in [-0.39, 0.29) is 29.3 Å². The van der Waals surface area contributed by atoms with E-state index in [1.165, 1.54) is 17.7 Å². The zero-order chi connectivity index (χ0) is 20.3. The van der Waals surface area contributed by atoms with Crippen LogP contribution in [0.1, 0.15) is 28.6 Å². The third kappa shape index (κ3) is 4.18. The number of carboxylic acids is 1. The fourth-order valence-corrected chi connectivity index (χ4v) is 3.86. The van der Waals surface area contributed by atoms with Crippen molar-refractivity contribution in [3.8, 4) is 17.0 Å². The first-order valence-corrected chi connectivity index (χ1v) is 9.71. The molecule has 1 aromatic carbocycles. The largest absolute Gasteiger partial charge is 0.507 e. The summed E-state index contributed by atoms with van der Waals surface area (Å²) in [5.41, 5.74) is 1.33. The number of hydrogen-bond acceptors (Lipinski definition) is 5. The second-order valence-electron chi connectivity index (χ2n) is 6.05. The minimum absolute atomic E-state index is 0.0489. The molecule has 7 nitrogen and oxygen atoms in total. The van der Waals surface area contributed by atoms with E-state index >= 15 is 0 Å². The zero-order valence-corrected chi connectivity index (χ0v) is 16.5. The van der Waals surface area contributed by atoms with Crippen LogP contribution in [0.3, 0.4) is 0 Å². The summed E-state index contributed by atoms with van der Waals surface area (Å²) in [6, 6.07) is 6.76. The van der Waals surface area contributed by atoms with Gasteiger partial charge in [-0.3, -0.25) is 4.79 Å². The normalized spacial score (nSPS) is 10.8. The molecule has 0 aliphatic rings. The number of rotatable bonds is 7. The number of anilines is 1. The van der Waals surface area contributed by atoms with Crippen molar-refractivity contribution in [3.63, 3.8) is 0 Å². The van der Waals surface area contributed by atoms with Crippen LogP contribution in [0, 0.1) is 0 Å². The van der Waals surface area contributed by atoms with Gasteiger partial charge >= 0.3 is 5.97 Å². The molecule has 9 heteroatoms. The van der Waals surface area contributed by atoms with Gasteiger partial charge in [0.2, 0.25) is 5.91 Å². The van der Waals surface area contributed by atoms with E-state index in [4.69, 9.17) is 11.6 Å². The summed E-state index contributed by atoms with van der Waals surface area (Å²) in [5.74, 6) is -1.33. The number of amides is 1. The van der Waals surface area contributed by atoms with Gasteiger partial charge in [-0.15, -0.1) is 0 Å². The predicted octanol–water partition coefficient (Wildman–Crippen LogP) is 4.26. The molecule has 2 aromatic heterocycles. The van der Waals surface area contributed by atoms with Gasteiger partial charge in [0.1, 0.15) is 17.0 Å². The summed E-state index contributed by atoms with van der Waals surface area (Å²) in [6.07, 6.45) is 3.55. The summed E-state index contributed by atoms with van der Waals surface area (Å²) < 4.78 is 5.99. The molecule has 0 spiro atoms. The van der Waals surface area contributed by atoms with Crippen LogP contribution in [-0.4, -0.2) is 31.0 Å². The van der Waals surface area contributed by atoms with Gasteiger partial charge in [0, 0.05) is 35.8 Å². The molecule has 28 heavy (non-hydrogen) atoms. The van der Waals surface area contributed by atoms with Crippen molar-refractivity contribution in [2.75, 3.05) is 5.32 Å². The van der Waals surface area contributed by atoms with Crippen LogP contribution in [0.4, 0.5) is 5.69 Å². The van der Waals surface area contributed by atoms with Gasteiger partial charge in [-0.05, 0) is 37.0 Å². The van der Waals surface area contributed by atoms with Crippen molar-refractivity contribution in [2.45, 2.75) is 26.3 Å². The van der Waals surface area contributed by atoms with Gasteiger partial charge in [0.05, 0.1) is 10.7 Å². The quantitative estimate of drug-likeness (QED) is 0.530. The van der Waals surface area contributed by atoms with Gasteiger partial charge in [-0.25, -0.2) is 4.79 Å². The molecule has 0 saturated heterocycles. The Hall–Kier alpha value is -2.84. The van der Waals surface area contributed by atoms with Crippen LogP contribution in [-0.2, 0) is 17.8 Å². The maximum Gasteiger partial charge on any atom is 0.339 e. The fraction of sp³-hybridized carbons (Fsp3) is 0.211. The third-order valence-electron chi connectivity index (χ3n) is 4.19. The maximum absolute atomic E-state index is 12.3. The first-order valence-electron chi connectivity index (χ1n) is 8.56. The number of nitrogens with zero attached hydrogens (tertiary/aromatic N) is 2. The molecule has 0 aliphatic carbocycles. The van der Waals surface area contributed by atoms with E-state index in [1.54, 1.807) is 35.0 Å². The Kier molecular flexibility index (Phi) is 6.01. The van der Waals surface area contributed by atoms with E-state index in [2.05, 4.69) is 9.69 Å². The molecular formula is C19H18ClN3O4S. The Bertz CT molecular complexity index is 1030. The Morgan fingerprint density at radius 1 is 1.29 bits per heavy atom. The van der Waals surface area contributed by atoms with Crippen LogP contribution in [0.5, 0.6) is 5.75 Å². The van der Waals surface area contributed by atoms with Crippen LogP contribution in [0.15, 0.2) is 36.7 Å². The number of carbonyl (C=O) groups excluding carboxylic acids is 1. The zero-order valence-electron chi connectivity index (χ0n) is 15.0. The molecule has 3 aromatic rings. The maximum atomic E-state index is 12.3. The first kappa shape index (κ1) is 19.9. The number of aromatic nitrogens is 2. The Balaban J connectivity index is 1.69. The molecule has 146 valence electrons. The summed E-state index contributed by atoms with van der Waals surface area (Å²) in [5, 5.41) is 22.3.